The third-order valence-electron chi connectivity index (χ3n) is 3.27. The second kappa shape index (κ2) is 6.10. The van der Waals surface area contributed by atoms with Crippen molar-refractivity contribution in [3.8, 4) is 0 Å². The molecule has 0 amide bonds. The minimum atomic E-state index is 0.754. The second-order valence-corrected chi connectivity index (χ2v) is 5.28. The smallest absolute Gasteiger partial charge is 0.144 e. The van der Waals surface area contributed by atoms with Crippen molar-refractivity contribution in [1.82, 2.24) is 5.32 Å². The van der Waals surface area contributed by atoms with Crippen molar-refractivity contribution in [2.24, 2.45) is 0 Å². The molecular weight excluding hydrogens is 193 g/mol. The van der Waals surface area contributed by atoms with Crippen LogP contribution in [0.2, 0.25) is 12.6 Å². The molecule has 0 saturated carbocycles. The molecule has 16 heavy (non-hydrogen) atoms. The first-order chi connectivity index (χ1) is 7.52. The summed E-state index contributed by atoms with van der Waals surface area (Å²) in [5.74, 6) is 0.758. The summed E-state index contributed by atoms with van der Waals surface area (Å²) in [6.45, 7) is 10.8. The third-order valence-corrected chi connectivity index (χ3v) is 3.27. The number of aryl methyl sites for hydroxylation is 1. The molecule has 1 N–H and O–H groups in total. The lowest BCUT2D eigenvalue weighted by Crippen LogP contribution is -2.16. The maximum atomic E-state index is 3.21. The first-order valence-electron chi connectivity index (χ1n) is 6.27. The van der Waals surface area contributed by atoms with Crippen LogP contribution < -0.4 is 5.32 Å². The summed E-state index contributed by atoms with van der Waals surface area (Å²) < 4.78 is 0. The monoisotopic (exact) mass is 217 g/mol. The summed E-state index contributed by atoms with van der Waals surface area (Å²) in [7, 11) is 2.00. The van der Waals surface area contributed by atoms with Gasteiger partial charge in [0.1, 0.15) is 6.71 Å². The highest BCUT2D eigenvalue weighted by Gasteiger charge is 2.12. The minimum Gasteiger partial charge on any atom is -0.316 e. The van der Waals surface area contributed by atoms with Gasteiger partial charge in [-0.05, 0) is 25.9 Å². The van der Waals surface area contributed by atoms with Crippen LogP contribution >= 0.6 is 0 Å². The molecule has 0 saturated heterocycles. The predicted octanol–water partition coefficient (Wildman–Crippen LogP) is 3.33. The minimum absolute atomic E-state index is 0.754. The summed E-state index contributed by atoms with van der Waals surface area (Å²) in [5.41, 5.74) is 4.25. The molecule has 0 radical (unpaired) electrons. The molecule has 0 aliphatic heterocycles. The quantitative estimate of drug-likeness (QED) is 0.746. The Morgan fingerprint density at radius 1 is 1.19 bits per heavy atom. The zero-order valence-electron chi connectivity index (χ0n) is 11.3. The maximum Gasteiger partial charge on any atom is 0.144 e. The Labute approximate surface area is 101 Å². The van der Waals surface area contributed by atoms with E-state index in [0.717, 1.165) is 19.1 Å². The van der Waals surface area contributed by atoms with Crippen LogP contribution in [0.25, 0.3) is 0 Å². The number of hydrogen-bond donors (Lipinski definition) is 1. The summed E-state index contributed by atoms with van der Waals surface area (Å²) in [6, 6.07) is 6.92. The zero-order valence-corrected chi connectivity index (χ0v) is 11.3. The van der Waals surface area contributed by atoms with Gasteiger partial charge in [-0.2, -0.15) is 0 Å². The molecule has 0 aliphatic rings. The Morgan fingerprint density at radius 2 is 1.81 bits per heavy atom. The fourth-order valence-electron chi connectivity index (χ4n) is 1.98. The molecule has 1 aromatic rings. The molecule has 0 aliphatic carbocycles. The fourth-order valence-corrected chi connectivity index (χ4v) is 1.98. The van der Waals surface area contributed by atoms with Gasteiger partial charge in [0.05, 0.1) is 0 Å². The van der Waals surface area contributed by atoms with Gasteiger partial charge in [0.2, 0.25) is 0 Å². The average molecular weight is 217 g/mol. The molecule has 88 valence electrons. The van der Waals surface area contributed by atoms with Gasteiger partial charge >= 0.3 is 0 Å². The molecule has 0 unspecified atom stereocenters. The Bertz CT molecular complexity index is 334. The topological polar surface area (TPSA) is 12.0 Å². The normalized spacial score (nSPS) is 10.9. The van der Waals surface area contributed by atoms with Crippen LogP contribution in [0.15, 0.2) is 18.2 Å². The van der Waals surface area contributed by atoms with Gasteiger partial charge in [-0.3, -0.25) is 0 Å². The zero-order chi connectivity index (χ0) is 12.1. The van der Waals surface area contributed by atoms with Crippen LogP contribution in [0, 0.1) is 6.92 Å². The van der Waals surface area contributed by atoms with Crippen molar-refractivity contribution < 1.29 is 0 Å². The van der Waals surface area contributed by atoms with Gasteiger partial charge in [-0.15, -0.1) is 0 Å². The second-order valence-electron chi connectivity index (χ2n) is 5.28. The largest absolute Gasteiger partial charge is 0.316 e. The van der Waals surface area contributed by atoms with Crippen LogP contribution in [0.4, 0.5) is 0 Å². The van der Waals surface area contributed by atoms with Crippen molar-refractivity contribution in [2.75, 3.05) is 7.05 Å². The van der Waals surface area contributed by atoms with Gasteiger partial charge in [0.25, 0.3) is 0 Å². The van der Waals surface area contributed by atoms with E-state index in [1.54, 1.807) is 0 Å². The molecular formula is C14H24BN. The first-order valence-corrected chi connectivity index (χ1v) is 6.27. The standard InChI is InChI=1S/C14H24BN/c1-11(2)15(4)9-13-6-12(3)7-14(8-13)10-16-5/h6-8,11,16H,9-10H2,1-5H3. The molecule has 0 aromatic heterocycles. The number of nitrogens with one attached hydrogen (secondary N) is 1. The van der Waals surface area contributed by atoms with Crippen LogP contribution in [0.5, 0.6) is 0 Å². The highest BCUT2D eigenvalue weighted by molar-refractivity contribution is 6.58. The van der Waals surface area contributed by atoms with Gasteiger partial charge in [-0.25, -0.2) is 0 Å². The summed E-state index contributed by atoms with van der Waals surface area (Å²) >= 11 is 0. The van der Waals surface area contributed by atoms with Gasteiger partial charge < -0.3 is 5.32 Å². The fraction of sp³-hybridized carbons (Fsp3) is 0.571. The molecule has 0 spiro atoms. The summed E-state index contributed by atoms with van der Waals surface area (Å²) in [4.78, 5) is 0. The van der Waals surface area contributed by atoms with Crippen molar-refractivity contribution in [1.29, 1.82) is 0 Å². The summed E-state index contributed by atoms with van der Waals surface area (Å²) in [6.07, 6.45) is 1.19. The highest BCUT2D eigenvalue weighted by atomic mass is 14.8. The molecule has 1 nitrogen and oxygen atoms in total. The molecule has 0 bridgehead atoms. The van der Waals surface area contributed by atoms with E-state index >= 15 is 0 Å². The highest BCUT2D eigenvalue weighted by Crippen LogP contribution is 2.16. The predicted molar refractivity (Wildman–Crippen MR) is 74.4 cm³/mol. The van der Waals surface area contributed by atoms with Crippen molar-refractivity contribution in [2.45, 2.75) is 46.3 Å². The van der Waals surface area contributed by atoms with E-state index in [9.17, 15) is 0 Å². The molecule has 1 aromatic carbocycles. The molecule has 0 heterocycles. The van der Waals surface area contributed by atoms with Crippen LogP contribution in [0.3, 0.4) is 0 Å². The van der Waals surface area contributed by atoms with E-state index in [1.807, 2.05) is 7.05 Å². The summed E-state index contributed by atoms with van der Waals surface area (Å²) in [5, 5.41) is 3.21. The lowest BCUT2D eigenvalue weighted by atomic mass is 9.41. The average Bonchev–Trinajstić information content (AvgIpc) is 2.16. The van der Waals surface area contributed by atoms with Crippen molar-refractivity contribution in [3.63, 3.8) is 0 Å². The third kappa shape index (κ3) is 4.01. The molecule has 2 heteroatoms. The lowest BCUT2D eigenvalue weighted by molar-refractivity contribution is 0.815. The maximum absolute atomic E-state index is 3.21. The first kappa shape index (κ1) is 13.3. The SMILES string of the molecule is CNCc1cc(C)cc(CB(C)C(C)C)c1. The van der Waals surface area contributed by atoms with Crippen molar-refractivity contribution in [3.05, 3.63) is 34.9 Å². The molecule has 0 atom stereocenters. The van der Waals surface area contributed by atoms with E-state index < -0.39 is 0 Å². The van der Waals surface area contributed by atoms with E-state index in [-0.39, 0.29) is 0 Å². The molecule has 1 rings (SSSR count). The Kier molecular flexibility index (Phi) is 5.07. The number of rotatable bonds is 5. The van der Waals surface area contributed by atoms with E-state index in [4.69, 9.17) is 0 Å². The number of benzene rings is 1. The molecule has 0 fully saturated rings. The van der Waals surface area contributed by atoms with E-state index in [0.29, 0.717) is 0 Å². The Hall–Kier alpha value is -0.755. The van der Waals surface area contributed by atoms with E-state index in [2.05, 4.69) is 51.1 Å². The Morgan fingerprint density at radius 3 is 2.38 bits per heavy atom. The van der Waals surface area contributed by atoms with E-state index in [1.165, 1.54) is 23.0 Å². The number of hydrogen-bond acceptors (Lipinski definition) is 1. The van der Waals surface area contributed by atoms with Crippen molar-refractivity contribution >= 4 is 6.71 Å². The Balaban J connectivity index is 2.79. The van der Waals surface area contributed by atoms with Crippen LogP contribution in [-0.2, 0) is 12.9 Å². The lowest BCUT2D eigenvalue weighted by Gasteiger charge is -2.13. The van der Waals surface area contributed by atoms with Crippen LogP contribution in [0.1, 0.15) is 30.5 Å². The van der Waals surface area contributed by atoms with Gasteiger partial charge in [0, 0.05) is 6.54 Å². The van der Waals surface area contributed by atoms with Gasteiger partial charge in [0.15, 0.2) is 0 Å². The van der Waals surface area contributed by atoms with Gasteiger partial charge in [-0.1, -0.05) is 55.8 Å². The van der Waals surface area contributed by atoms with Crippen LogP contribution in [-0.4, -0.2) is 13.8 Å².